The van der Waals surface area contributed by atoms with Crippen LogP contribution in [-0.2, 0) is 4.79 Å². The minimum atomic E-state index is -0.459. The minimum absolute atomic E-state index is 0.00653. The number of primary amides is 1. The lowest BCUT2D eigenvalue weighted by atomic mass is 9.95. The van der Waals surface area contributed by atoms with Crippen LogP contribution in [0.4, 0.5) is 9.18 Å². The summed E-state index contributed by atoms with van der Waals surface area (Å²) in [7, 11) is 0. The number of amides is 3. The third kappa shape index (κ3) is 3.30. The highest BCUT2D eigenvalue weighted by Crippen LogP contribution is 2.34. The molecule has 2 N–H and O–H groups in total. The van der Waals surface area contributed by atoms with Gasteiger partial charge in [-0.3, -0.25) is 4.79 Å². The van der Waals surface area contributed by atoms with E-state index in [2.05, 4.69) is 0 Å². The van der Waals surface area contributed by atoms with Gasteiger partial charge in [0.25, 0.3) is 0 Å². The van der Waals surface area contributed by atoms with Gasteiger partial charge >= 0.3 is 6.03 Å². The third-order valence-corrected chi connectivity index (χ3v) is 4.87. The Labute approximate surface area is 135 Å². The van der Waals surface area contributed by atoms with Gasteiger partial charge in [0, 0.05) is 19.6 Å². The Morgan fingerprint density at radius 1 is 1.09 bits per heavy atom. The highest BCUT2D eigenvalue weighted by Gasteiger charge is 2.36. The molecule has 0 saturated carbocycles. The number of rotatable bonds is 2. The number of nitrogens with zero attached hydrogens (tertiary/aromatic N) is 2. The van der Waals surface area contributed by atoms with Crippen molar-refractivity contribution in [2.75, 3.05) is 19.6 Å². The molecule has 0 bridgehead atoms. The molecule has 3 rings (SSSR count). The van der Waals surface area contributed by atoms with E-state index in [0.29, 0.717) is 19.6 Å². The maximum Gasteiger partial charge on any atom is 0.314 e. The molecule has 0 aromatic heterocycles. The number of carbonyl (C=O) groups is 2. The van der Waals surface area contributed by atoms with Gasteiger partial charge in [0.15, 0.2) is 0 Å². The first-order valence-corrected chi connectivity index (χ1v) is 8.16. The van der Waals surface area contributed by atoms with Gasteiger partial charge in [-0.25, -0.2) is 9.18 Å². The molecule has 1 unspecified atom stereocenters. The fourth-order valence-electron chi connectivity index (χ4n) is 3.68. The molecule has 0 radical (unpaired) electrons. The number of piperidine rings is 1. The summed E-state index contributed by atoms with van der Waals surface area (Å²) in [5.74, 6) is -0.367. The first-order valence-electron chi connectivity index (χ1n) is 8.16. The van der Waals surface area contributed by atoms with Gasteiger partial charge in [-0.1, -0.05) is 12.1 Å². The molecule has 2 fully saturated rings. The van der Waals surface area contributed by atoms with Crippen LogP contribution in [0.25, 0.3) is 0 Å². The Hall–Kier alpha value is -2.11. The highest BCUT2D eigenvalue weighted by molar-refractivity contribution is 5.81. The van der Waals surface area contributed by atoms with Crippen LogP contribution in [0, 0.1) is 11.7 Å². The molecule has 1 aromatic rings. The molecule has 2 heterocycles. The van der Waals surface area contributed by atoms with Crippen molar-refractivity contribution in [2.45, 2.75) is 31.7 Å². The Bertz CT molecular complexity index is 590. The summed E-state index contributed by atoms with van der Waals surface area (Å²) in [6.07, 6.45) is 3.42. The molecular weight excluding hydrogens is 297 g/mol. The number of hydrogen-bond acceptors (Lipinski definition) is 2. The van der Waals surface area contributed by atoms with Crippen LogP contribution >= 0.6 is 0 Å². The first kappa shape index (κ1) is 15.8. The van der Waals surface area contributed by atoms with E-state index in [9.17, 15) is 14.0 Å². The SMILES string of the molecule is NC(=O)N1CCC[C@H](C(=O)N2CCCC2c2ccc(F)cc2)C1. The van der Waals surface area contributed by atoms with E-state index in [-0.39, 0.29) is 23.7 Å². The average Bonchev–Trinajstić information content (AvgIpc) is 3.04. The van der Waals surface area contributed by atoms with Gasteiger partial charge in [0.1, 0.15) is 5.82 Å². The number of hydrogen-bond donors (Lipinski definition) is 1. The lowest BCUT2D eigenvalue weighted by molar-refractivity contribution is -0.137. The Morgan fingerprint density at radius 2 is 1.78 bits per heavy atom. The topological polar surface area (TPSA) is 66.6 Å². The van der Waals surface area contributed by atoms with Crippen LogP contribution < -0.4 is 5.73 Å². The van der Waals surface area contributed by atoms with Crippen LogP contribution in [-0.4, -0.2) is 41.4 Å². The van der Waals surface area contributed by atoms with E-state index in [1.807, 2.05) is 4.90 Å². The number of halogens is 1. The normalized spacial score (nSPS) is 24.7. The summed E-state index contributed by atoms with van der Waals surface area (Å²) in [6, 6.07) is 5.92. The average molecular weight is 319 g/mol. The minimum Gasteiger partial charge on any atom is -0.351 e. The lowest BCUT2D eigenvalue weighted by Gasteiger charge is -2.35. The van der Waals surface area contributed by atoms with Gasteiger partial charge in [-0.2, -0.15) is 0 Å². The van der Waals surface area contributed by atoms with Crippen molar-refractivity contribution in [3.8, 4) is 0 Å². The van der Waals surface area contributed by atoms with Crippen LogP contribution in [0.3, 0.4) is 0 Å². The van der Waals surface area contributed by atoms with Crippen molar-refractivity contribution in [1.29, 1.82) is 0 Å². The Balaban J connectivity index is 1.73. The second kappa shape index (κ2) is 6.56. The van der Waals surface area contributed by atoms with Crippen LogP contribution in [0.2, 0.25) is 0 Å². The number of likely N-dealkylation sites (tertiary alicyclic amines) is 2. The van der Waals surface area contributed by atoms with E-state index in [1.54, 1.807) is 17.0 Å². The summed E-state index contributed by atoms with van der Waals surface area (Å²) < 4.78 is 13.1. The third-order valence-electron chi connectivity index (χ3n) is 4.87. The molecule has 6 heteroatoms. The second-order valence-electron chi connectivity index (χ2n) is 6.36. The van der Waals surface area contributed by atoms with Crippen molar-refractivity contribution in [2.24, 2.45) is 11.7 Å². The number of nitrogens with two attached hydrogens (primary N) is 1. The number of benzene rings is 1. The van der Waals surface area contributed by atoms with E-state index >= 15 is 0 Å². The zero-order valence-electron chi connectivity index (χ0n) is 13.1. The highest BCUT2D eigenvalue weighted by atomic mass is 19.1. The van der Waals surface area contributed by atoms with Gasteiger partial charge in [-0.05, 0) is 43.4 Å². The lowest BCUT2D eigenvalue weighted by Crippen LogP contribution is -2.48. The van der Waals surface area contributed by atoms with Gasteiger partial charge < -0.3 is 15.5 Å². The molecule has 0 aliphatic carbocycles. The molecule has 0 spiro atoms. The quantitative estimate of drug-likeness (QED) is 0.909. The molecule has 1 aromatic carbocycles. The molecule has 2 atom stereocenters. The van der Waals surface area contributed by atoms with Crippen LogP contribution in [0.5, 0.6) is 0 Å². The molecule has 3 amide bonds. The Morgan fingerprint density at radius 3 is 2.48 bits per heavy atom. The summed E-state index contributed by atoms with van der Waals surface area (Å²) in [4.78, 5) is 27.7. The molecule has 5 nitrogen and oxygen atoms in total. The van der Waals surface area contributed by atoms with Crippen LogP contribution in [0.1, 0.15) is 37.3 Å². The van der Waals surface area contributed by atoms with Crippen molar-refractivity contribution in [1.82, 2.24) is 9.80 Å². The molecule has 2 aliphatic rings. The fourth-order valence-corrected chi connectivity index (χ4v) is 3.68. The largest absolute Gasteiger partial charge is 0.351 e. The maximum absolute atomic E-state index is 13.1. The number of carbonyl (C=O) groups excluding carboxylic acids is 2. The zero-order chi connectivity index (χ0) is 16.4. The summed E-state index contributed by atoms with van der Waals surface area (Å²) >= 11 is 0. The summed E-state index contributed by atoms with van der Waals surface area (Å²) in [6.45, 7) is 1.75. The van der Waals surface area contributed by atoms with E-state index in [4.69, 9.17) is 5.73 Å². The van der Waals surface area contributed by atoms with Crippen molar-refractivity contribution < 1.29 is 14.0 Å². The molecular formula is C17H22FN3O2. The zero-order valence-corrected chi connectivity index (χ0v) is 13.1. The predicted molar refractivity (Wildman–Crippen MR) is 84.0 cm³/mol. The van der Waals surface area contributed by atoms with E-state index in [1.165, 1.54) is 12.1 Å². The second-order valence-corrected chi connectivity index (χ2v) is 6.36. The molecule has 2 saturated heterocycles. The van der Waals surface area contributed by atoms with Crippen molar-refractivity contribution >= 4 is 11.9 Å². The number of urea groups is 1. The smallest absolute Gasteiger partial charge is 0.314 e. The predicted octanol–water partition coefficient (Wildman–Crippen LogP) is 2.28. The van der Waals surface area contributed by atoms with Crippen molar-refractivity contribution in [3.05, 3.63) is 35.6 Å². The van der Waals surface area contributed by atoms with Gasteiger partial charge in [0.05, 0.1) is 12.0 Å². The maximum atomic E-state index is 13.1. The molecule has 124 valence electrons. The van der Waals surface area contributed by atoms with Crippen molar-refractivity contribution in [3.63, 3.8) is 0 Å². The fraction of sp³-hybridized carbons (Fsp3) is 0.529. The summed E-state index contributed by atoms with van der Waals surface area (Å²) in [5.41, 5.74) is 6.31. The van der Waals surface area contributed by atoms with Gasteiger partial charge in [0.2, 0.25) is 5.91 Å². The first-order chi connectivity index (χ1) is 11.1. The summed E-state index contributed by atoms with van der Waals surface area (Å²) in [5, 5.41) is 0. The Kier molecular flexibility index (Phi) is 4.50. The molecule has 2 aliphatic heterocycles. The molecule has 23 heavy (non-hydrogen) atoms. The monoisotopic (exact) mass is 319 g/mol. The van der Waals surface area contributed by atoms with E-state index in [0.717, 1.165) is 31.2 Å². The van der Waals surface area contributed by atoms with E-state index < -0.39 is 6.03 Å². The van der Waals surface area contributed by atoms with Crippen LogP contribution in [0.15, 0.2) is 24.3 Å². The standard InChI is InChI=1S/C17H22FN3O2/c18-14-7-5-12(6-8-14)15-4-2-10-21(15)16(22)13-3-1-9-20(11-13)17(19)23/h5-8,13,15H,1-4,9-11H2,(H2,19,23)/t13-,15?/m0/s1. The van der Waals surface area contributed by atoms with Gasteiger partial charge in [-0.15, -0.1) is 0 Å².